The third-order valence-corrected chi connectivity index (χ3v) is 5.06. The number of likely N-dealkylation sites (N-methyl/N-ethyl adjacent to an activating group) is 1. The third kappa shape index (κ3) is 2.50. The molecular weight excluding hydrogens is 344 g/mol. The minimum Gasteiger partial charge on any atom is -0.353 e. The van der Waals surface area contributed by atoms with Crippen LogP contribution in [0.3, 0.4) is 0 Å². The van der Waals surface area contributed by atoms with E-state index in [0.29, 0.717) is 11.5 Å². The Hall–Kier alpha value is -3.49. The highest BCUT2D eigenvalue weighted by molar-refractivity contribution is 5.52. The molecule has 9 heteroatoms. The van der Waals surface area contributed by atoms with Crippen LogP contribution in [0, 0.1) is 6.92 Å². The number of hydrogen-bond donors (Lipinski definition) is 0. The van der Waals surface area contributed by atoms with E-state index in [2.05, 4.69) is 30.1 Å². The van der Waals surface area contributed by atoms with Crippen molar-refractivity contribution in [2.75, 3.05) is 29.9 Å². The molecule has 0 aromatic carbocycles. The molecule has 1 fully saturated rings. The summed E-state index contributed by atoms with van der Waals surface area (Å²) in [7, 11) is 1.98. The summed E-state index contributed by atoms with van der Waals surface area (Å²) >= 11 is 0. The van der Waals surface area contributed by atoms with E-state index in [1.165, 1.54) is 0 Å². The first kappa shape index (κ1) is 15.7. The summed E-state index contributed by atoms with van der Waals surface area (Å²) in [6.07, 6.45) is 1.73. The fourth-order valence-corrected chi connectivity index (χ4v) is 3.35. The number of nitrogens with zero attached hydrogens (tertiary/aromatic N) is 8. The summed E-state index contributed by atoms with van der Waals surface area (Å²) in [4.78, 5) is 21.2. The Morgan fingerprint density at radius 2 is 1.96 bits per heavy atom. The molecule has 5 rings (SSSR count). The van der Waals surface area contributed by atoms with Crippen LogP contribution in [0.2, 0.25) is 0 Å². The molecule has 27 heavy (non-hydrogen) atoms. The first-order valence-electron chi connectivity index (χ1n) is 8.75. The normalized spacial score (nSPS) is 14.7. The molecule has 0 bridgehead atoms. The van der Waals surface area contributed by atoms with Crippen molar-refractivity contribution in [1.29, 1.82) is 0 Å². The Kier molecular flexibility index (Phi) is 3.36. The summed E-state index contributed by atoms with van der Waals surface area (Å²) in [5.41, 5.74) is 1.32. The molecule has 136 valence electrons. The molecule has 5 heterocycles. The van der Waals surface area contributed by atoms with Crippen LogP contribution >= 0.6 is 0 Å². The van der Waals surface area contributed by atoms with Crippen LogP contribution in [0.4, 0.5) is 11.6 Å². The molecule has 1 saturated heterocycles. The lowest BCUT2D eigenvalue weighted by Gasteiger charge is -2.44. The number of rotatable bonds is 3. The molecule has 4 aromatic heterocycles. The Morgan fingerprint density at radius 3 is 2.81 bits per heavy atom. The maximum absolute atomic E-state index is 12.3. The van der Waals surface area contributed by atoms with Gasteiger partial charge in [0, 0.05) is 32.4 Å². The van der Waals surface area contributed by atoms with Crippen LogP contribution in [-0.2, 0) is 0 Å². The van der Waals surface area contributed by atoms with E-state index < -0.39 is 0 Å². The zero-order valence-corrected chi connectivity index (χ0v) is 15.0. The standard InChI is InChI=1S/C18H18N8O/c1-12-20-21-15-6-7-16(22-26(12)15)24-10-13(11-24)23(2)17-9-18(27)25-8-4-3-5-14(25)19-17/h3-9,13H,10-11H2,1-2H3. The van der Waals surface area contributed by atoms with Gasteiger partial charge in [-0.05, 0) is 31.2 Å². The summed E-state index contributed by atoms with van der Waals surface area (Å²) in [5.74, 6) is 2.34. The van der Waals surface area contributed by atoms with E-state index in [0.717, 1.165) is 30.4 Å². The maximum atomic E-state index is 12.3. The van der Waals surface area contributed by atoms with Crippen molar-refractivity contribution < 1.29 is 0 Å². The first-order chi connectivity index (χ1) is 13.1. The summed E-state index contributed by atoms with van der Waals surface area (Å²) in [6, 6.07) is 11.3. The molecule has 0 aliphatic carbocycles. The van der Waals surface area contributed by atoms with E-state index in [-0.39, 0.29) is 11.6 Å². The fraction of sp³-hybridized carbons (Fsp3) is 0.278. The molecule has 0 unspecified atom stereocenters. The van der Waals surface area contributed by atoms with Crippen LogP contribution < -0.4 is 15.4 Å². The SMILES string of the molecule is Cc1nnc2ccc(N3CC(N(C)c4cc(=O)n5ccccc5n4)C3)nn12. The maximum Gasteiger partial charge on any atom is 0.259 e. The number of hydrogen-bond acceptors (Lipinski definition) is 7. The van der Waals surface area contributed by atoms with Crippen molar-refractivity contribution in [1.82, 2.24) is 29.2 Å². The Morgan fingerprint density at radius 1 is 1.11 bits per heavy atom. The van der Waals surface area contributed by atoms with Gasteiger partial charge in [0.15, 0.2) is 11.5 Å². The molecule has 0 N–H and O–H groups in total. The molecule has 4 aromatic rings. The lowest BCUT2D eigenvalue weighted by Crippen LogP contribution is -2.59. The van der Waals surface area contributed by atoms with Gasteiger partial charge in [0.2, 0.25) is 0 Å². The Balaban J connectivity index is 1.36. The monoisotopic (exact) mass is 362 g/mol. The zero-order chi connectivity index (χ0) is 18.5. The minimum atomic E-state index is -0.0752. The van der Waals surface area contributed by atoms with E-state index in [1.807, 2.05) is 44.3 Å². The molecule has 0 spiro atoms. The van der Waals surface area contributed by atoms with Gasteiger partial charge in [-0.25, -0.2) is 4.98 Å². The van der Waals surface area contributed by atoms with Crippen LogP contribution in [-0.4, -0.2) is 55.4 Å². The van der Waals surface area contributed by atoms with Gasteiger partial charge in [0.1, 0.15) is 17.3 Å². The molecule has 9 nitrogen and oxygen atoms in total. The second kappa shape index (κ2) is 5.76. The average molecular weight is 362 g/mol. The minimum absolute atomic E-state index is 0.0752. The Bertz CT molecular complexity index is 1210. The van der Waals surface area contributed by atoms with E-state index >= 15 is 0 Å². The van der Waals surface area contributed by atoms with Crippen LogP contribution in [0.15, 0.2) is 47.4 Å². The molecule has 0 amide bonds. The van der Waals surface area contributed by atoms with E-state index in [1.54, 1.807) is 21.2 Å². The smallest absolute Gasteiger partial charge is 0.259 e. The van der Waals surface area contributed by atoms with Gasteiger partial charge in [-0.15, -0.1) is 15.3 Å². The summed E-state index contributed by atoms with van der Waals surface area (Å²) in [5, 5.41) is 12.7. The Labute approximate surface area is 154 Å². The van der Waals surface area contributed by atoms with Gasteiger partial charge in [0.25, 0.3) is 5.56 Å². The van der Waals surface area contributed by atoms with E-state index in [4.69, 9.17) is 0 Å². The van der Waals surface area contributed by atoms with Gasteiger partial charge in [-0.1, -0.05) is 6.07 Å². The van der Waals surface area contributed by atoms with Gasteiger partial charge >= 0.3 is 0 Å². The van der Waals surface area contributed by atoms with Crippen molar-refractivity contribution in [2.45, 2.75) is 13.0 Å². The fourth-order valence-electron chi connectivity index (χ4n) is 3.35. The third-order valence-electron chi connectivity index (χ3n) is 5.06. The lowest BCUT2D eigenvalue weighted by molar-refractivity contribution is 0.487. The molecule has 0 saturated carbocycles. The average Bonchev–Trinajstić information content (AvgIpc) is 3.01. The predicted octanol–water partition coefficient (Wildman–Crippen LogP) is 0.766. The van der Waals surface area contributed by atoms with Crippen LogP contribution in [0.5, 0.6) is 0 Å². The first-order valence-corrected chi connectivity index (χ1v) is 8.75. The van der Waals surface area contributed by atoms with Gasteiger partial charge in [0.05, 0.1) is 6.04 Å². The van der Waals surface area contributed by atoms with Crippen molar-refractivity contribution in [3.63, 3.8) is 0 Å². The molecular formula is C18H18N8O. The number of pyridine rings is 1. The van der Waals surface area contributed by atoms with Crippen molar-refractivity contribution in [3.05, 3.63) is 58.8 Å². The van der Waals surface area contributed by atoms with Gasteiger partial charge < -0.3 is 9.80 Å². The van der Waals surface area contributed by atoms with Crippen molar-refractivity contribution in [2.24, 2.45) is 0 Å². The number of fused-ring (bicyclic) bond motifs is 2. The highest BCUT2D eigenvalue weighted by Gasteiger charge is 2.32. The molecule has 1 aliphatic heterocycles. The second-order valence-electron chi connectivity index (χ2n) is 6.76. The second-order valence-corrected chi connectivity index (χ2v) is 6.76. The van der Waals surface area contributed by atoms with Crippen molar-refractivity contribution in [3.8, 4) is 0 Å². The number of anilines is 2. The molecule has 1 aliphatic rings. The quantitative estimate of drug-likeness (QED) is 0.532. The van der Waals surface area contributed by atoms with Crippen LogP contribution in [0.1, 0.15) is 5.82 Å². The number of aryl methyl sites for hydroxylation is 1. The molecule has 0 radical (unpaired) electrons. The highest BCUT2D eigenvalue weighted by Crippen LogP contribution is 2.24. The van der Waals surface area contributed by atoms with Crippen molar-refractivity contribution >= 4 is 22.9 Å². The van der Waals surface area contributed by atoms with Crippen LogP contribution in [0.25, 0.3) is 11.3 Å². The largest absolute Gasteiger partial charge is 0.353 e. The summed E-state index contributed by atoms with van der Waals surface area (Å²) in [6.45, 7) is 3.51. The highest BCUT2D eigenvalue weighted by atomic mass is 16.1. The number of aromatic nitrogens is 6. The summed E-state index contributed by atoms with van der Waals surface area (Å²) < 4.78 is 3.29. The lowest BCUT2D eigenvalue weighted by atomic mass is 10.1. The zero-order valence-electron chi connectivity index (χ0n) is 15.0. The molecule has 0 atom stereocenters. The topological polar surface area (TPSA) is 83.9 Å². The predicted molar refractivity (Wildman–Crippen MR) is 101 cm³/mol. The van der Waals surface area contributed by atoms with Gasteiger partial charge in [-0.2, -0.15) is 4.52 Å². The van der Waals surface area contributed by atoms with Gasteiger partial charge in [-0.3, -0.25) is 9.20 Å². The van der Waals surface area contributed by atoms with E-state index in [9.17, 15) is 4.79 Å².